The summed E-state index contributed by atoms with van der Waals surface area (Å²) in [4.78, 5) is 26.1. The molecular weight excluding hydrogens is 370 g/mol. The Morgan fingerprint density at radius 2 is 1.96 bits per heavy atom. The number of nitrogens with zero attached hydrogens (tertiary/aromatic N) is 1. The van der Waals surface area contributed by atoms with E-state index in [9.17, 15) is 9.59 Å². The molecule has 2 rings (SSSR count). The van der Waals surface area contributed by atoms with E-state index in [-0.39, 0.29) is 11.9 Å². The first-order chi connectivity index (χ1) is 12.5. The average molecular weight is 394 g/mol. The summed E-state index contributed by atoms with van der Waals surface area (Å²) in [5, 5.41) is 0. The first-order valence-electron chi connectivity index (χ1n) is 8.60. The van der Waals surface area contributed by atoms with Gasteiger partial charge in [0.2, 0.25) is 0 Å². The van der Waals surface area contributed by atoms with Crippen LogP contribution in [-0.4, -0.2) is 41.4 Å². The van der Waals surface area contributed by atoms with Crippen LogP contribution >= 0.6 is 24.0 Å². The Morgan fingerprint density at radius 1 is 1.23 bits per heavy atom. The Balaban J connectivity index is 1.84. The van der Waals surface area contributed by atoms with Crippen molar-refractivity contribution in [3.8, 4) is 5.75 Å². The van der Waals surface area contributed by atoms with Crippen molar-refractivity contribution in [3.63, 3.8) is 0 Å². The lowest BCUT2D eigenvalue weighted by molar-refractivity contribution is -0.143. The third kappa shape index (κ3) is 5.85. The highest BCUT2D eigenvalue weighted by Gasteiger charge is 2.31. The number of rotatable bonds is 9. The maximum absolute atomic E-state index is 12.6. The van der Waals surface area contributed by atoms with Crippen LogP contribution in [0, 0.1) is 0 Å². The van der Waals surface area contributed by atoms with Gasteiger partial charge in [0.25, 0.3) is 5.91 Å². The third-order valence-corrected chi connectivity index (χ3v) is 5.23. The summed E-state index contributed by atoms with van der Waals surface area (Å²) in [6, 6.07) is 7.52. The number of thiocarbonyl (C=S) groups is 1. The largest absolute Gasteiger partial charge is 0.497 e. The second kappa shape index (κ2) is 10.3. The van der Waals surface area contributed by atoms with Gasteiger partial charge in [0, 0.05) is 13.0 Å². The van der Waals surface area contributed by atoms with E-state index in [1.165, 1.54) is 11.8 Å². The van der Waals surface area contributed by atoms with E-state index in [4.69, 9.17) is 21.7 Å². The molecule has 140 valence electrons. The fourth-order valence-corrected chi connectivity index (χ4v) is 3.80. The first kappa shape index (κ1) is 20.5. The number of thioether (sulfide) groups is 1. The van der Waals surface area contributed by atoms with Crippen LogP contribution in [0.4, 0.5) is 0 Å². The van der Waals surface area contributed by atoms with E-state index in [1.807, 2.05) is 30.3 Å². The molecule has 1 saturated heterocycles. The Hall–Kier alpha value is -1.86. The summed E-state index contributed by atoms with van der Waals surface area (Å²) >= 11 is 6.66. The lowest BCUT2D eigenvalue weighted by Gasteiger charge is -2.13. The monoisotopic (exact) mass is 393 g/mol. The van der Waals surface area contributed by atoms with Crippen LogP contribution in [-0.2, 0) is 14.3 Å². The molecule has 0 atom stereocenters. The molecule has 0 spiro atoms. The number of benzene rings is 1. The molecule has 26 heavy (non-hydrogen) atoms. The van der Waals surface area contributed by atoms with Gasteiger partial charge in [-0.3, -0.25) is 14.5 Å². The predicted molar refractivity (Wildman–Crippen MR) is 108 cm³/mol. The van der Waals surface area contributed by atoms with Crippen LogP contribution in [0.3, 0.4) is 0 Å². The zero-order valence-corrected chi connectivity index (χ0v) is 16.7. The first-order valence-corrected chi connectivity index (χ1v) is 9.82. The molecule has 5 nitrogen and oxygen atoms in total. The summed E-state index contributed by atoms with van der Waals surface area (Å²) in [6.07, 6.45) is 4.69. The minimum absolute atomic E-state index is 0.0544. The van der Waals surface area contributed by atoms with Gasteiger partial charge in [-0.1, -0.05) is 42.5 Å². The van der Waals surface area contributed by atoms with Gasteiger partial charge in [0.05, 0.1) is 18.6 Å². The zero-order valence-electron chi connectivity index (χ0n) is 15.0. The number of esters is 1. The van der Waals surface area contributed by atoms with Crippen LogP contribution in [0.25, 0.3) is 6.08 Å². The van der Waals surface area contributed by atoms with Crippen LogP contribution in [0.2, 0.25) is 0 Å². The van der Waals surface area contributed by atoms with Crippen molar-refractivity contribution < 1.29 is 19.1 Å². The molecule has 0 aliphatic carbocycles. The van der Waals surface area contributed by atoms with Gasteiger partial charge >= 0.3 is 5.97 Å². The Kier molecular flexibility index (Phi) is 8.12. The van der Waals surface area contributed by atoms with Crippen LogP contribution in [0.15, 0.2) is 29.2 Å². The number of methoxy groups -OCH3 is 1. The number of carbonyl (C=O) groups excluding carboxylic acids is 2. The van der Waals surface area contributed by atoms with Crippen molar-refractivity contribution in [1.29, 1.82) is 0 Å². The molecule has 1 aromatic rings. The second-order valence-corrected chi connectivity index (χ2v) is 7.40. The van der Waals surface area contributed by atoms with Crippen LogP contribution in [0.1, 0.15) is 38.2 Å². The average Bonchev–Trinajstić information content (AvgIpc) is 2.89. The molecule has 0 radical (unpaired) electrons. The Labute approximate surface area is 163 Å². The van der Waals surface area contributed by atoms with Crippen molar-refractivity contribution >= 4 is 46.3 Å². The second-order valence-electron chi connectivity index (χ2n) is 5.72. The Morgan fingerprint density at radius 3 is 2.62 bits per heavy atom. The number of hydrogen-bond donors (Lipinski definition) is 0. The van der Waals surface area contributed by atoms with Gasteiger partial charge in [-0.2, -0.15) is 0 Å². The maximum Gasteiger partial charge on any atom is 0.305 e. The molecule has 0 aromatic heterocycles. The van der Waals surface area contributed by atoms with E-state index >= 15 is 0 Å². The van der Waals surface area contributed by atoms with E-state index < -0.39 is 0 Å². The highest BCUT2D eigenvalue weighted by molar-refractivity contribution is 8.26. The van der Waals surface area contributed by atoms with Gasteiger partial charge in [0.15, 0.2) is 0 Å². The molecule has 0 N–H and O–H groups in total. The van der Waals surface area contributed by atoms with Gasteiger partial charge in [-0.25, -0.2) is 0 Å². The van der Waals surface area contributed by atoms with E-state index in [1.54, 1.807) is 18.9 Å². The molecule has 0 unspecified atom stereocenters. The molecule has 0 bridgehead atoms. The minimum Gasteiger partial charge on any atom is -0.497 e. The van der Waals surface area contributed by atoms with E-state index in [2.05, 4.69) is 0 Å². The van der Waals surface area contributed by atoms with Gasteiger partial charge in [0.1, 0.15) is 10.1 Å². The molecule has 1 amide bonds. The number of unbranched alkanes of at least 4 members (excludes halogenated alkanes) is 2. The van der Waals surface area contributed by atoms with E-state index in [0.29, 0.717) is 28.8 Å². The number of amides is 1. The predicted octanol–water partition coefficient (Wildman–Crippen LogP) is 4.02. The van der Waals surface area contributed by atoms with Crippen molar-refractivity contribution in [3.05, 3.63) is 34.7 Å². The highest BCUT2D eigenvalue weighted by atomic mass is 32.2. The summed E-state index contributed by atoms with van der Waals surface area (Å²) in [5.41, 5.74) is 0.931. The number of carbonyl (C=O) groups is 2. The molecular formula is C19H23NO4S2. The van der Waals surface area contributed by atoms with Crippen molar-refractivity contribution in [2.45, 2.75) is 32.6 Å². The molecule has 1 aromatic carbocycles. The summed E-state index contributed by atoms with van der Waals surface area (Å²) < 4.78 is 10.6. The topological polar surface area (TPSA) is 55.8 Å². The Bertz CT molecular complexity index is 685. The normalized spacial score (nSPS) is 15.6. The smallest absolute Gasteiger partial charge is 0.305 e. The van der Waals surface area contributed by atoms with Gasteiger partial charge in [-0.15, -0.1) is 0 Å². The quantitative estimate of drug-likeness (QED) is 0.273. The fourth-order valence-electron chi connectivity index (χ4n) is 2.49. The zero-order chi connectivity index (χ0) is 18.9. The minimum atomic E-state index is -0.166. The van der Waals surface area contributed by atoms with Crippen molar-refractivity contribution in [2.75, 3.05) is 20.3 Å². The van der Waals surface area contributed by atoms with Crippen LogP contribution in [0.5, 0.6) is 5.75 Å². The standard InChI is InChI=1S/C19H23NO4S2/c1-3-24-17(21)7-5-4-6-12-20-18(22)16(26-19(20)25)13-14-8-10-15(23-2)11-9-14/h8-11,13H,3-7,12H2,1-2H3/b16-13-. The summed E-state index contributed by atoms with van der Waals surface area (Å²) in [6.45, 7) is 2.79. The lowest BCUT2D eigenvalue weighted by atomic mass is 10.2. The molecule has 1 heterocycles. The third-order valence-electron chi connectivity index (χ3n) is 3.86. The molecule has 0 saturated carbocycles. The lowest BCUT2D eigenvalue weighted by Crippen LogP contribution is -2.29. The van der Waals surface area contributed by atoms with Crippen molar-refractivity contribution in [2.24, 2.45) is 0 Å². The van der Waals surface area contributed by atoms with E-state index in [0.717, 1.165) is 30.6 Å². The van der Waals surface area contributed by atoms with Gasteiger partial charge in [-0.05, 0) is 43.5 Å². The summed E-state index contributed by atoms with van der Waals surface area (Å²) in [7, 11) is 1.62. The van der Waals surface area contributed by atoms with Gasteiger partial charge < -0.3 is 9.47 Å². The molecule has 1 fully saturated rings. The number of hydrogen-bond acceptors (Lipinski definition) is 6. The maximum atomic E-state index is 12.6. The molecule has 1 aliphatic heterocycles. The highest BCUT2D eigenvalue weighted by Crippen LogP contribution is 2.33. The SMILES string of the molecule is CCOC(=O)CCCCCN1C(=O)/C(=C/c2ccc(OC)cc2)SC1=S. The van der Waals surface area contributed by atoms with Crippen molar-refractivity contribution in [1.82, 2.24) is 4.90 Å². The van der Waals surface area contributed by atoms with Crippen LogP contribution < -0.4 is 4.74 Å². The molecule has 7 heteroatoms. The fraction of sp³-hybridized carbons (Fsp3) is 0.421. The molecule has 1 aliphatic rings. The summed E-state index contributed by atoms with van der Waals surface area (Å²) in [5.74, 6) is 0.555. The number of ether oxygens (including phenoxy) is 2.